The standard InChI is InChI=1S/C19H27NO2/c1-18-7-5-12(21)9-11(18)10-15(22)17-13-3-4-16(20)19(13,2)8-6-14(17)18/h3-5,7,11-13,15-16,21-22H,6,8-10,20H2,1-2H3/t11?,12?,13-,15?,16?,18-,19-/m0/s1. The molecule has 3 nitrogen and oxygen atoms in total. The van der Waals surface area contributed by atoms with Gasteiger partial charge < -0.3 is 15.9 Å². The number of allylic oxidation sites excluding steroid dienone is 3. The van der Waals surface area contributed by atoms with Crippen LogP contribution < -0.4 is 5.73 Å². The minimum Gasteiger partial charge on any atom is -0.389 e. The number of hydrogen-bond acceptors (Lipinski definition) is 3. The molecule has 4 unspecified atom stereocenters. The molecule has 0 aromatic rings. The van der Waals surface area contributed by atoms with E-state index in [1.807, 2.05) is 6.08 Å². The zero-order valence-electron chi connectivity index (χ0n) is 13.5. The Balaban J connectivity index is 1.84. The van der Waals surface area contributed by atoms with Gasteiger partial charge >= 0.3 is 0 Å². The van der Waals surface area contributed by atoms with Crippen LogP contribution in [0.4, 0.5) is 0 Å². The Morgan fingerprint density at radius 3 is 2.68 bits per heavy atom. The fraction of sp³-hybridized carbons (Fsp3) is 0.684. The molecule has 0 saturated heterocycles. The Kier molecular flexibility index (Phi) is 3.04. The lowest BCUT2D eigenvalue weighted by molar-refractivity contribution is 0.0495. The van der Waals surface area contributed by atoms with Gasteiger partial charge in [0.15, 0.2) is 0 Å². The summed E-state index contributed by atoms with van der Waals surface area (Å²) in [6, 6.07) is 0.0907. The molecule has 4 aliphatic carbocycles. The van der Waals surface area contributed by atoms with Gasteiger partial charge in [-0.15, -0.1) is 0 Å². The van der Waals surface area contributed by atoms with Gasteiger partial charge in [0.05, 0.1) is 12.2 Å². The van der Waals surface area contributed by atoms with Crippen molar-refractivity contribution in [3.8, 4) is 0 Å². The molecule has 0 aliphatic heterocycles. The van der Waals surface area contributed by atoms with E-state index in [4.69, 9.17) is 5.73 Å². The average Bonchev–Trinajstić information content (AvgIpc) is 2.77. The van der Waals surface area contributed by atoms with Gasteiger partial charge in [-0.25, -0.2) is 0 Å². The summed E-state index contributed by atoms with van der Waals surface area (Å²) in [7, 11) is 0. The van der Waals surface area contributed by atoms with Crippen LogP contribution in [0.5, 0.6) is 0 Å². The molecule has 3 heteroatoms. The van der Waals surface area contributed by atoms with Gasteiger partial charge in [-0.3, -0.25) is 0 Å². The van der Waals surface area contributed by atoms with E-state index in [9.17, 15) is 10.2 Å². The molecule has 4 N–H and O–H groups in total. The highest BCUT2D eigenvalue weighted by atomic mass is 16.3. The highest BCUT2D eigenvalue weighted by Crippen LogP contribution is 2.60. The number of nitrogens with two attached hydrogens (primary N) is 1. The SMILES string of the molecule is C[C@]12C=CC(O)CC1CC(O)C1=C2CC[C@]2(C)C(N)C=C[C@@H]12. The van der Waals surface area contributed by atoms with Gasteiger partial charge in [0, 0.05) is 17.4 Å². The van der Waals surface area contributed by atoms with Crippen molar-refractivity contribution in [1.82, 2.24) is 0 Å². The van der Waals surface area contributed by atoms with Crippen LogP contribution in [0, 0.1) is 22.7 Å². The molecule has 0 saturated carbocycles. The zero-order chi connectivity index (χ0) is 15.7. The third-order valence-corrected chi connectivity index (χ3v) is 7.14. The van der Waals surface area contributed by atoms with Crippen molar-refractivity contribution in [1.29, 1.82) is 0 Å². The maximum Gasteiger partial charge on any atom is 0.0762 e. The summed E-state index contributed by atoms with van der Waals surface area (Å²) in [6.45, 7) is 4.57. The summed E-state index contributed by atoms with van der Waals surface area (Å²) in [6.07, 6.45) is 11.4. The van der Waals surface area contributed by atoms with E-state index in [1.54, 1.807) is 0 Å². The number of hydrogen-bond donors (Lipinski definition) is 3. The lowest BCUT2D eigenvalue weighted by Crippen LogP contribution is -2.49. The first-order chi connectivity index (χ1) is 10.4. The smallest absolute Gasteiger partial charge is 0.0762 e. The van der Waals surface area contributed by atoms with Crippen molar-refractivity contribution in [3.05, 3.63) is 35.5 Å². The molecule has 120 valence electrons. The second kappa shape index (κ2) is 4.56. The largest absolute Gasteiger partial charge is 0.389 e. The minimum atomic E-state index is -0.383. The quantitative estimate of drug-likeness (QED) is 0.602. The first-order valence-electron chi connectivity index (χ1n) is 8.59. The summed E-state index contributed by atoms with van der Waals surface area (Å²) in [4.78, 5) is 0. The lowest BCUT2D eigenvalue weighted by Gasteiger charge is -2.53. The van der Waals surface area contributed by atoms with Crippen LogP contribution in [0.1, 0.15) is 39.5 Å². The van der Waals surface area contributed by atoms with Crippen molar-refractivity contribution in [2.24, 2.45) is 28.4 Å². The second-order valence-corrected chi connectivity index (χ2v) is 8.22. The van der Waals surface area contributed by atoms with Crippen molar-refractivity contribution in [2.75, 3.05) is 0 Å². The molecule has 0 fully saturated rings. The summed E-state index contributed by atoms with van der Waals surface area (Å²) in [5.41, 5.74) is 9.04. The van der Waals surface area contributed by atoms with Crippen LogP contribution in [-0.2, 0) is 0 Å². The highest BCUT2D eigenvalue weighted by Gasteiger charge is 2.54. The molecule has 0 radical (unpaired) electrons. The molecule has 0 heterocycles. The fourth-order valence-electron chi connectivity index (χ4n) is 5.52. The van der Waals surface area contributed by atoms with Crippen LogP contribution in [0.15, 0.2) is 35.5 Å². The number of rotatable bonds is 0. The predicted octanol–water partition coefficient (Wildman–Crippen LogP) is 2.30. The molecule has 22 heavy (non-hydrogen) atoms. The molecule has 0 amide bonds. The Morgan fingerprint density at radius 1 is 1.14 bits per heavy atom. The van der Waals surface area contributed by atoms with Crippen LogP contribution in [0.25, 0.3) is 0 Å². The number of aliphatic hydroxyl groups is 2. The molecule has 4 rings (SSSR count). The van der Waals surface area contributed by atoms with E-state index in [-0.39, 0.29) is 35.0 Å². The first kappa shape index (κ1) is 14.7. The van der Waals surface area contributed by atoms with Gasteiger partial charge in [0.2, 0.25) is 0 Å². The molecular weight excluding hydrogens is 274 g/mol. The van der Waals surface area contributed by atoms with Gasteiger partial charge in [0.1, 0.15) is 0 Å². The Bertz CT molecular complexity index is 592. The summed E-state index contributed by atoms with van der Waals surface area (Å²) in [5.74, 6) is 0.615. The summed E-state index contributed by atoms with van der Waals surface area (Å²) < 4.78 is 0. The van der Waals surface area contributed by atoms with E-state index in [0.29, 0.717) is 5.92 Å². The van der Waals surface area contributed by atoms with Crippen molar-refractivity contribution in [3.63, 3.8) is 0 Å². The van der Waals surface area contributed by atoms with E-state index in [0.717, 1.165) is 25.7 Å². The Labute approximate surface area is 132 Å². The number of aliphatic hydroxyl groups excluding tert-OH is 2. The van der Waals surface area contributed by atoms with Crippen LogP contribution in [0.3, 0.4) is 0 Å². The highest BCUT2D eigenvalue weighted by molar-refractivity contribution is 5.43. The molecule has 4 aliphatic rings. The van der Waals surface area contributed by atoms with Crippen molar-refractivity contribution in [2.45, 2.75) is 57.8 Å². The van der Waals surface area contributed by atoms with E-state index in [2.05, 4.69) is 32.1 Å². The van der Waals surface area contributed by atoms with Gasteiger partial charge in [-0.05, 0) is 42.6 Å². The first-order valence-corrected chi connectivity index (χ1v) is 8.59. The van der Waals surface area contributed by atoms with Gasteiger partial charge in [0.25, 0.3) is 0 Å². The maximum atomic E-state index is 10.9. The van der Waals surface area contributed by atoms with E-state index >= 15 is 0 Å². The molecule has 0 bridgehead atoms. The topological polar surface area (TPSA) is 66.5 Å². The van der Waals surface area contributed by atoms with Crippen LogP contribution in [0.2, 0.25) is 0 Å². The zero-order valence-corrected chi connectivity index (χ0v) is 13.5. The summed E-state index contributed by atoms with van der Waals surface area (Å²) in [5, 5.41) is 20.8. The number of fused-ring (bicyclic) bond motifs is 4. The molecule has 0 aromatic carbocycles. The van der Waals surface area contributed by atoms with Crippen molar-refractivity contribution < 1.29 is 10.2 Å². The average molecular weight is 301 g/mol. The van der Waals surface area contributed by atoms with E-state index in [1.165, 1.54) is 11.1 Å². The van der Waals surface area contributed by atoms with E-state index < -0.39 is 0 Å². The lowest BCUT2D eigenvalue weighted by atomic mass is 9.52. The monoisotopic (exact) mass is 301 g/mol. The molecule has 0 spiro atoms. The molecular formula is C19H27NO2. The Morgan fingerprint density at radius 2 is 1.91 bits per heavy atom. The maximum absolute atomic E-state index is 10.9. The molecule has 7 atom stereocenters. The third-order valence-electron chi connectivity index (χ3n) is 7.14. The summed E-state index contributed by atoms with van der Waals surface area (Å²) >= 11 is 0. The van der Waals surface area contributed by atoms with Crippen LogP contribution >= 0.6 is 0 Å². The predicted molar refractivity (Wildman–Crippen MR) is 87.0 cm³/mol. The normalized spacial score (nSPS) is 53.2. The van der Waals surface area contributed by atoms with Crippen molar-refractivity contribution >= 4 is 0 Å². The van der Waals surface area contributed by atoms with Gasteiger partial charge in [-0.2, -0.15) is 0 Å². The second-order valence-electron chi connectivity index (χ2n) is 8.22. The van der Waals surface area contributed by atoms with Crippen LogP contribution in [-0.4, -0.2) is 28.5 Å². The Hall–Kier alpha value is -0.900. The fourth-order valence-corrected chi connectivity index (χ4v) is 5.52. The van der Waals surface area contributed by atoms with Gasteiger partial charge in [-0.1, -0.05) is 43.7 Å². The molecule has 0 aromatic heterocycles. The third kappa shape index (κ3) is 1.73. The minimum absolute atomic E-state index is 0.00432.